The maximum Gasteiger partial charge on any atom is 0.252 e. The lowest BCUT2D eigenvalue weighted by Crippen LogP contribution is -2.48. The minimum atomic E-state index is -2.69. The first-order valence-electron chi connectivity index (χ1n) is 11.6. The summed E-state index contributed by atoms with van der Waals surface area (Å²) in [5.41, 5.74) is 1.75. The van der Waals surface area contributed by atoms with E-state index in [2.05, 4.69) is 25.6 Å². The number of aromatic nitrogens is 4. The number of hydrogen-bond donors (Lipinski definition) is 5. The normalized spacial score (nSPS) is 26.2. The summed E-state index contributed by atoms with van der Waals surface area (Å²) in [6.07, 6.45) is -1.20. The monoisotopic (exact) mass is 506 g/mol. The lowest BCUT2D eigenvalue weighted by atomic mass is 9.88. The third kappa shape index (κ3) is 4.44. The molecule has 3 heterocycles. The van der Waals surface area contributed by atoms with Gasteiger partial charge < -0.3 is 26.0 Å². The lowest BCUT2D eigenvalue weighted by molar-refractivity contribution is -0.0794. The summed E-state index contributed by atoms with van der Waals surface area (Å²) in [6, 6.07) is 1.49. The average molecular weight is 507 g/mol. The van der Waals surface area contributed by atoms with E-state index >= 15 is 0 Å². The Hall–Kier alpha value is -2.54. The first kappa shape index (κ1) is 24.2. The first-order valence-corrected chi connectivity index (χ1v) is 12.4. The van der Waals surface area contributed by atoms with Crippen molar-refractivity contribution >= 4 is 33.3 Å². The second kappa shape index (κ2) is 8.54. The number of nitrogens with one attached hydrogen (secondary N) is 2. The number of rotatable bonds is 6. The Bertz CT molecular complexity index is 1280. The predicted octanol–water partition coefficient (Wildman–Crippen LogP) is 3.15. The molecule has 188 valence electrons. The Labute approximate surface area is 204 Å². The number of alkyl halides is 2. The van der Waals surface area contributed by atoms with Crippen LogP contribution >= 0.6 is 11.3 Å². The van der Waals surface area contributed by atoms with Crippen molar-refractivity contribution in [3.8, 4) is 10.6 Å². The van der Waals surface area contributed by atoms with Crippen LogP contribution in [-0.4, -0.2) is 65.7 Å². The molecule has 0 aliphatic heterocycles. The molecular weight excluding hydrogens is 478 g/mol. The molecule has 35 heavy (non-hydrogen) atoms. The Balaban J connectivity index is 1.57. The van der Waals surface area contributed by atoms with Crippen molar-refractivity contribution in [3.05, 3.63) is 23.1 Å². The third-order valence-electron chi connectivity index (χ3n) is 6.81. The fraction of sp³-hybridized carbons (Fsp3) is 0.565. The second-order valence-corrected chi connectivity index (χ2v) is 10.7. The van der Waals surface area contributed by atoms with Gasteiger partial charge in [0.05, 0.1) is 21.7 Å². The van der Waals surface area contributed by atoms with Crippen LogP contribution in [0.1, 0.15) is 42.8 Å². The van der Waals surface area contributed by atoms with Gasteiger partial charge in [0, 0.05) is 37.1 Å². The van der Waals surface area contributed by atoms with Gasteiger partial charge in [-0.05, 0) is 39.7 Å². The van der Waals surface area contributed by atoms with E-state index in [4.69, 9.17) is 4.98 Å². The molecule has 3 aromatic heterocycles. The highest BCUT2D eigenvalue weighted by Crippen LogP contribution is 2.42. The van der Waals surface area contributed by atoms with Crippen molar-refractivity contribution in [3.63, 3.8) is 0 Å². The maximum absolute atomic E-state index is 13.3. The topological polar surface area (TPSA) is 136 Å². The molecule has 3 atom stereocenters. The molecule has 0 spiro atoms. The molecule has 0 radical (unpaired) electrons. The van der Waals surface area contributed by atoms with Crippen LogP contribution in [-0.2, 0) is 0 Å². The quantitative estimate of drug-likeness (QED) is 0.319. The molecule has 5 N–H and O–H groups in total. The van der Waals surface area contributed by atoms with Gasteiger partial charge in [-0.1, -0.05) is 0 Å². The van der Waals surface area contributed by atoms with Crippen molar-refractivity contribution in [1.82, 2.24) is 19.9 Å². The van der Waals surface area contributed by atoms with Gasteiger partial charge in [-0.3, -0.25) is 4.98 Å². The van der Waals surface area contributed by atoms with E-state index in [1.165, 1.54) is 11.3 Å². The zero-order valence-corrected chi connectivity index (χ0v) is 20.5. The SMILES string of the molecule is Cc1cc2sc(-c3c(C)nc(NC4CC(F)(F)C4)nc3NC3(O)CCC(CO)C3O)nc2c(C)n1. The highest BCUT2D eigenvalue weighted by molar-refractivity contribution is 7.21. The number of hydrogen-bond acceptors (Lipinski definition) is 10. The van der Waals surface area contributed by atoms with Crippen LogP contribution in [0.4, 0.5) is 20.5 Å². The molecule has 3 unspecified atom stereocenters. The predicted molar refractivity (Wildman–Crippen MR) is 129 cm³/mol. The van der Waals surface area contributed by atoms with Crippen molar-refractivity contribution in [2.24, 2.45) is 5.92 Å². The van der Waals surface area contributed by atoms with Crippen LogP contribution in [0.5, 0.6) is 0 Å². The van der Waals surface area contributed by atoms with Crippen LogP contribution in [0, 0.1) is 26.7 Å². The van der Waals surface area contributed by atoms with Crippen LogP contribution in [0.15, 0.2) is 6.07 Å². The van der Waals surface area contributed by atoms with E-state index in [0.717, 1.165) is 21.6 Å². The summed E-state index contributed by atoms with van der Waals surface area (Å²) in [5, 5.41) is 38.0. The first-order chi connectivity index (χ1) is 16.5. The van der Waals surface area contributed by atoms with Gasteiger partial charge in [0.25, 0.3) is 5.92 Å². The van der Waals surface area contributed by atoms with Gasteiger partial charge >= 0.3 is 0 Å². The standard InChI is InChI=1S/C23H28F2N6O3S/c1-10-6-15-17(12(3)26-10)29-20(35-15)16-11(2)27-21(28-14-7-22(24,25)8-14)30-19(16)31-23(34)5-4-13(9-32)18(23)33/h6,13-14,18,32-34H,4-5,7-9H2,1-3H3,(H2,27,28,30,31). The van der Waals surface area contributed by atoms with E-state index in [0.29, 0.717) is 22.7 Å². The highest BCUT2D eigenvalue weighted by atomic mass is 32.1. The van der Waals surface area contributed by atoms with Crippen LogP contribution < -0.4 is 10.6 Å². The molecule has 2 fully saturated rings. The average Bonchev–Trinajstić information content (AvgIpc) is 3.27. The Morgan fingerprint density at radius 3 is 2.51 bits per heavy atom. The summed E-state index contributed by atoms with van der Waals surface area (Å²) in [6.45, 7) is 5.30. The molecule has 0 saturated heterocycles. The zero-order chi connectivity index (χ0) is 25.1. The van der Waals surface area contributed by atoms with E-state index in [1.807, 2.05) is 19.9 Å². The molecule has 2 saturated carbocycles. The Kier molecular flexibility index (Phi) is 5.90. The smallest absolute Gasteiger partial charge is 0.252 e. The van der Waals surface area contributed by atoms with E-state index in [1.54, 1.807) is 6.92 Å². The fourth-order valence-electron chi connectivity index (χ4n) is 4.90. The van der Waals surface area contributed by atoms with Crippen molar-refractivity contribution in [2.75, 3.05) is 17.2 Å². The van der Waals surface area contributed by atoms with Gasteiger partial charge in [-0.15, -0.1) is 11.3 Å². The molecule has 12 heteroatoms. The molecule has 2 aliphatic carbocycles. The van der Waals surface area contributed by atoms with Gasteiger partial charge in [-0.2, -0.15) is 4.98 Å². The van der Waals surface area contributed by atoms with Crippen molar-refractivity contribution in [2.45, 2.75) is 70.2 Å². The van der Waals surface area contributed by atoms with Crippen molar-refractivity contribution < 1.29 is 24.1 Å². The summed E-state index contributed by atoms with van der Waals surface area (Å²) in [5.74, 6) is -2.79. The fourth-order valence-corrected chi connectivity index (χ4v) is 6.11. The number of anilines is 2. The molecular formula is C23H28F2N6O3S. The van der Waals surface area contributed by atoms with Gasteiger partial charge in [0.15, 0.2) is 5.72 Å². The number of halogens is 2. The number of fused-ring (bicyclic) bond motifs is 1. The van der Waals surface area contributed by atoms with Gasteiger partial charge in [0.2, 0.25) is 5.95 Å². The molecule has 5 rings (SSSR count). The summed E-state index contributed by atoms with van der Waals surface area (Å²) >= 11 is 1.43. The number of nitrogens with zero attached hydrogens (tertiary/aromatic N) is 4. The zero-order valence-electron chi connectivity index (χ0n) is 19.6. The Morgan fingerprint density at radius 1 is 1.11 bits per heavy atom. The number of thiazole rings is 1. The molecule has 0 bridgehead atoms. The summed E-state index contributed by atoms with van der Waals surface area (Å²) in [4.78, 5) is 18.3. The molecule has 0 amide bonds. The number of aryl methyl sites for hydroxylation is 3. The molecule has 0 aromatic carbocycles. The van der Waals surface area contributed by atoms with Crippen LogP contribution in [0.3, 0.4) is 0 Å². The maximum atomic E-state index is 13.3. The largest absolute Gasteiger partial charge is 0.396 e. The van der Waals surface area contributed by atoms with Crippen LogP contribution in [0.2, 0.25) is 0 Å². The molecule has 3 aromatic rings. The van der Waals surface area contributed by atoms with E-state index in [-0.39, 0.29) is 37.6 Å². The van der Waals surface area contributed by atoms with E-state index in [9.17, 15) is 24.1 Å². The number of pyridine rings is 1. The highest BCUT2D eigenvalue weighted by Gasteiger charge is 2.48. The minimum Gasteiger partial charge on any atom is -0.396 e. The van der Waals surface area contributed by atoms with Crippen molar-refractivity contribution in [1.29, 1.82) is 0 Å². The van der Waals surface area contributed by atoms with Gasteiger partial charge in [-0.25, -0.2) is 18.7 Å². The Morgan fingerprint density at radius 2 is 1.86 bits per heavy atom. The van der Waals surface area contributed by atoms with E-state index < -0.39 is 29.7 Å². The summed E-state index contributed by atoms with van der Waals surface area (Å²) < 4.78 is 27.6. The molecule has 2 aliphatic rings. The van der Waals surface area contributed by atoms with Gasteiger partial charge in [0.1, 0.15) is 22.4 Å². The second-order valence-electron chi connectivity index (χ2n) is 9.65. The third-order valence-corrected chi connectivity index (χ3v) is 7.83. The van der Waals surface area contributed by atoms with Crippen LogP contribution in [0.25, 0.3) is 20.8 Å². The lowest BCUT2D eigenvalue weighted by Gasteiger charge is -2.35. The number of aliphatic hydroxyl groups excluding tert-OH is 2. The molecule has 9 nitrogen and oxygen atoms in total. The summed E-state index contributed by atoms with van der Waals surface area (Å²) in [7, 11) is 0. The number of aliphatic hydroxyl groups is 3. The minimum absolute atomic E-state index is 0.152.